The molecule has 21 heavy (non-hydrogen) atoms. The van der Waals surface area contributed by atoms with Crippen LogP contribution in [0.25, 0.3) is 0 Å². The standard InChI is InChI=1S/C12H10N2O6S/c1-19-10-2-8(12(15)16)9(14(17)18)3-11(10)20-5-7-4-13-6-21-7/h2-4,6H,5H2,1H3,(H,15,16). The van der Waals surface area contributed by atoms with Gasteiger partial charge >= 0.3 is 5.97 Å². The van der Waals surface area contributed by atoms with E-state index in [1.165, 1.54) is 18.4 Å². The van der Waals surface area contributed by atoms with Crippen molar-refractivity contribution in [3.05, 3.63) is 44.4 Å². The highest BCUT2D eigenvalue weighted by Crippen LogP contribution is 2.35. The van der Waals surface area contributed by atoms with Gasteiger partial charge in [0.25, 0.3) is 5.69 Å². The molecule has 0 spiro atoms. The third-order valence-corrected chi connectivity index (χ3v) is 3.32. The number of methoxy groups -OCH3 is 1. The Bertz CT molecular complexity index is 671. The van der Waals surface area contributed by atoms with Crippen molar-refractivity contribution in [1.29, 1.82) is 0 Å². The van der Waals surface area contributed by atoms with Crippen molar-refractivity contribution in [2.24, 2.45) is 0 Å². The predicted octanol–water partition coefficient (Wildman–Crippen LogP) is 2.34. The minimum atomic E-state index is -1.41. The third kappa shape index (κ3) is 3.26. The average Bonchev–Trinajstić information content (AvgIpc) is 2.97. The number of carboxylic acid groups (broad SMARTS) is 1. The van der Waals surface area contributed by atoms with Crippen LogP contribution in [0.15, 0.2) is 23.8 Å². The van der Waals surface area contributed by atoms with Crippen LogP contribution in [0, 0.1) is 10.1 Å². The molecular formula is C12H10N2O6S. The van der Waals surface area contributed by atoms with Gasteiger partial charge in [0.05, 0.1) is 28.5 Å². The number of carboxylic acids is 1. The van der Waals surface area contributed by atoms with E-state index >= 15 is 0 Å². The number of rotatable bonds is 6. The number of nitro groups is 1. The van der Waals surface area contributed by atoms with E-state index < -0.39 is 22.1 Å². The highest BCUT2D eigenvalue weighted by Gasteiger charge is 2.24. The van der Waals surface area contributed by atoms with Crippen LogP contribution >= 0.6 is 11.3 Å². The number of ether oxygens (including phenoxy) is 2. The normalized spacial score (nSPS) is 10.1. The average molecular weight is 310 g/mol. The molecule has 0 unspecified atom stereocenters. The Kier molecular flexibility index (Phi) is 4.33. The summed E-state index contributed by atoms with van der Waals surface area (Å²) in [5, 5.41) is 19.9. The Balaban J connectivity index is 2.37. The zero-order valence-electron chi connectivity index (χ0n) is 10.8. The molecule has 1 heterocycles. The van der Waals surface area contributed by atoms with Gasteiger partial charge in [0.1, 0.15) is 12.2 Å². The second-order valence-electron chi connectivity index (χ2n) is 3.84. The lowest BCUT2D eigenvalue weighted by atomic mass is 10.1. The van der Waals surface area contributed by atoms with Gasteiger partial charge in [-0.05, 0) is 0 Å². The lowest BCUT2D eigenvalue weighted by Crippen LogP contribution is -2.05. The Morgan fingerprint density at radius 1 is 1.48 bits per heavy atom. The van der Waals surface area contributed by atoms with Crippen LogP contribution in [0.5, 0.6) is 11.5 Å². The summed E-state index contributed by atoms with van der Waals surface area (Å²) < 4.78 is 10.5. The number of nitro benzene ring substituents is 1. The van der Waals surface area contributed by atoms with E-state index in [1.807, 2.05) is 0 Å². The van der Waals surface area contributed by atoms with Crippen molar-refractivity contribution < 1.29 is 24.3 Å². The quantitative estimate of drug-likeness (QED) is 0.643. The number of nitrogens with zero attached hydrogens (tertiary/aromatic N) is 2. The Hall–Kier alpha value is -2.68. The van der Waals surface area contributed by atoms with Crippen LogP contribution < -0.4 is 9.47 Å². The van der Waals surface area contributed by atoms with Crippen molar-refractivity contribution in [2.45, 2.75) is 6.61 Å². The van der Waals surface area contributed by atoms with E-state index in [1.54, 1.807) is 11.7 Å². The first-order chi connectivity index (χ1) is 10.0. The van der Waals surface area contributed by atoms with Crippen molar-refractivity contribution in [3.63, 3.8) is 0 Å². The van der Waals surface area contributed by atoms with Crippen LogP contribution in [0.4, 0.5) is 5.69 Å². The summed E-state index contributed by atoms with van der Waals surface area (Å²) in [4.78, 5) is 25.9. The summed E-state index contributed by atoms with van der Waals surface area (Å²) in [6, 6.07) is 2.12. The van der Waals surface area contributed by atoms with Gasteiger partial charge in [-0.3, -0.25) is 15.1 Å². The lowest BCUT2D eigenvalue weighted by Gasteiger charge is -2.10. The molecule has 0 fully saturated rings. The van der Waals surface area contributed by atoms with Crippen LogP contribution in [0.1, 0.15) is 15.2 Å². The zero-order valence-corrected chi connectivity index (χ0v) is 11.6. The molecule has 0 bridgehead atoms. The topological polar surface area (TPSA) is 112 Å². The molecule has 110 valence electrons. The minimum absolute atomic E-state index is 0.0996. The minimum Gasteiger partial charge on any atom is -0.493 e. The molecule has 0 radical (unpaired) electrons. The maximum absolute atomic E-state index is 11.0. The number of hydrogen-bond donors (Lipinski definition) is 1. The smallest absolute Gasteiger partial charge is 0.342 e. The zero-order chi connectivity index (χ0) is 15.4. The number of aromatic nitrogens is 1. The van der Waals surface area contributed by atoms with Gasteiger partial charge in [-0.15, -0.1) is 11.3 Å². The van der Waals surface area contributed by atoms with Gasteiger partial charge in [0, 0.05) is 12.3 Å². The van der Waals surface area contributed by atoms with Crippen molar-refractivity contribution in [3.8, 4) is 11.5 Å². The first-order valence-electron chi connectivity index (χ1n) is 5.62. The Labute approximate surface area is 122 Å². The fourth-order valence-corrected chi connectivity index (χ4v) is 2.11. The molecule has 0 aliphatic heterocycles. The highest BCUT2D eigenvalue weighted by molar-refractivity contribution is 7.09. The van der Waals surface area contributed by atoms with Crippen LogP contribution in [0.3, 0.4) is 0 Å². The summed E-state index contributed by atoms with van der Waals surface area (Å²) in [6.45, 7) is 0.157. The fourth-order valence-electron chi connectivity index (χ4n) is 1.61. The van der Waals surface area contributed by atoms with E-state index in [4.69, 9.17) is 14.6 Å². The number of thiazole rings is 1. The molecule has 9 heteroatoms. The maximum atomic E-state index is 11.0. The van der Waals surface area contributed by atoms with Gasteiger partial charge in [-0.2, -0.15) is 0 Å². The second-order valence-corrected chi connectivity index (χ2v) is 4.81. The maximum Gasteiger partial charge on any atom is 0.342 e. The van der Waals surface area contributed by atoms with E-state index in [0.29, 0.717) is 0 Å². The van der Waals surface area contributed by atoms with E-state index in [0.717, 1.165) is 17.0 Å². The van der Waals surface area contributed by atoms with Crippen LogP contribution in [-0.2, 0) is 6.61 Å². The number of carbonyl (C=O) groups is 1. The summed E-state index contributed by atoms with van der Waals surface area (Å²) in [5.74, 6) is -1.20. The second kappa shape index (κ2) is 6.18. The van der Waals surface area contributed by atoms with E-state index in [2.05, 4.69) is 4.98 Å². The molecular weight excluding hydrogens is 300 g/mol. The highest BCUT2D eigenvalue weighted by atomic mass is 32.1. The van der Waals surface area contributed by atoms with E-state index in [-0.39, 0.29) is 18.1 Å². The SMILES string of the molecule is COc1cc(C(=O)O)c([N+](=O)[O-])cc1OCc1cncs1. The number of aromatic carboxylic acids is 1. The van der Waals surface area contributed by atoms with Crippen LogP contribution in [-0.4, -0.2) is 28.1 Å². The van der Waals surface area contributed by atoms with Gasteiger partial charge in [0.15, 0.2) is 11.5 Å². The molecule has 1 aromatic carbocycles. The molecule has 2 aromatic rings. The van der Waals surface area contributed by atoms with Gasteiger partial charge in [0.2, 0.25) is 0 Å². The molecule has 1 N–H and O–H groups in total. The van der Waals surface area contributed by atoms with Crippen LogP contribution in [0.2, 0.25) is 0 Å². The third-order valence-electron chi connectivity index (χ3n) is 2.56. The molecule has 2 rings (SSSR count). The summed E-state index contributed by atoms with van der Waals surface area (Å²) >= 11 is 1.37. The lowest BCUT2D eigenvalue weighted by molar-refractivity contribution is -0.385. The molecule has 0 saturated carbocycles. The number of benzene rings is 1. The molecule has 0 amide bonds. The van der Waals surface area contributed by atoms with Gasteiger partial charge < -0.3 is 14.6 Å². The molecule has 0 saturated heterocycles. The monoisotopic (exact) mass is 310 g/mol. The van der Waals surface area contributed by atoms with E-state index in [9.17, 15) is 14.9 Å². The molecule has 0 aliphatic rings. The first-order valence-corrected chi connectivity index (χ1v) is 6.50. The largest absolute Gasteiger partial charge is 0.493 e. The summed E-state index contributed by atoms with van der Waals surface area (Å²) in [7, 11) is 1.33. The first kappa shape index (κ1) is 14.7. The summed E-state index contributed by atoms with van der Waals surface area (Å²) in [5.41, 5.74) is 0.621. The number of hydrogen-bond acceptors (Lipinski definition) is 7. The molecule has 8 nitrogen and oxygen atoms in total. The Morgan fingerprint density at radius 2 is 2.24 bits per heavy atom. The molecule has 0 atom stereocenters. The van der Waals surface area contributed by atoms with Gasteiger partial charge in [-0.1, -0.05) is 0 Å². The van der Waals surface area contributed by atoms with Crippen molar-refractivity contribution >= 4 is 23.0 Å². The Morgan fingerprint density at radius 3 is 2.76 bits per heavy atom. The fraction of sp³-hybridized carbons (Fsp3) is 0.167. The van der Waals surface area contributed by atoms with Crippen molar-refractivity contribution in [2.75, 3.05) is 7.11 Å². The van der Waals surface area contributed by atoms with Gasteiger partial charge in [-0.25, -0.2) is 4.79 Å². The summed E-state index contributed by atoms with van der Waals surface area (Å²) in [6.07, 6.45) is 1.61. The molecule has 1 aromatic heterocycles. The predicted molar refractivity (Wildman–Crippen MR) is 73.1 cm³/mol. The molecule has 0 aliphatic carbocycles. The van der Waals surface area contributed by atoms with Crippen molar-refractivity contribution in [1.82, 2.24) is 4.98 Å².